The molecule has 4 heteroatoms. The van der Waals surface area contributed by atoms with Crippen LogP contribution in [-0.2, 0) is 10.8 Å². The zero-order chi connectivity index (χ0) is 43.8. The first-order valence-electron chi connectivity index (χ1n) is 25.2. The largest absolute Gasteiger partial charge is 0.128 e. The van der Waals surface area contributed by atoms with E-state index in [1.807, 2.05) is 22.7 Å². The fraction of sp³-hybridized carbons (Fsp3) is 0.750. The van der Waals surface area contributed by atoms with E-state index in [0.29, 0.717) is 0 Å². The SMILES string of the molecule is CC(C)CCCC(C)CCC1(CCC(C)CCCC(C)C)c2cc3c(cc2-c2sc(Br)cc21)C(CCC(C)CCCC(C)C)(CCC(C)CCCC(C)C)c1cc(Br)sc1-3. The summed E-state index contributed by atoms with van der Waals surface area (Å²) in [6.07, 6.45) is 26.6. The Hall–Kier alpha value is -0.420. The van der Waals surface area contributed by atoms with Gasteiger partial charge in [0, 0.05) is 20.6 Å². The van der Waals surface area contributed by atoms with Crippen LogP contribution in [0.25, 0.3) is 20.9 Å². The van der Waals surface area contributed by atoms with Gasteiger partial charge in [-0.05, 0) is 188 Å². The van der Waals surface area contributed by atoms with Crippen LogP contribution < -0.4 is 0 Å². The zero-order valence-corrected chi connectivity index (χ0v) is 45.4. The van der Waals surface area contributed by atoms with Crippen molar-refractivity contribution in [3.05, 3.63) is 54.1 Å². The van der Waals surface area contributed by atoms with Crippen LogP contribution in [0.2, 0.25) is 0 Å². The molecule has 0 fully saturated rings. The van der Waals surface area contributed by atoms with Gasteiger partial charge in [0.15, 0.2) is 0 Å². The van der Waals surface area contributed by atoms with Gasteiger partial charge in [-0.1, -0.05) is 160 Å². The van der Waals surface area contributed by atoms with Crippen LogP contribution in [0.5, 0.6) is 0 Å². The average Bonchev–Trinajstić information content (AvgIpc) is 3.88. The molecule has 2 aromatic heterocycles. The van der Waals surface area contributed by atoms with E-state index in [1.54, 1.807) is 43.1 Å². The summed E-state index contributed by atoms with van der Waals surface area (Å²) >= 11 is 12.2. The first kappa shape index (κ1) is 50.6. The minimum atomic E-state index is 0.0800. The van der Waals surface area contributed by atoms with E-state index in [9.17, 15) is 0 Å². The molecule has 1 aromatic carbocycles. The fourth-order valence-corrected chi connectivity index (χ4v) is 14.7. The number of rotatable bonds is 28. The average molecular weight is 985 g/mol. The third-order valence-electron chi connectivity index (χ3n) is 15.3. The van der Waals surface area contributed by atoms with Crippen LogP contribution in [0, 0.1) is 47.3 Å². The van der Waals surface area contributed by atoms with Crippen molar-refractivity contribution >= 4 is 54.5 Å². The molecule has 5 rings (SSSR count). The van der Waals surface area contributed by atoms with Gasteiger partial charge in [0.05, 0.1) is 7.57 Å². The lowest BCUT2D eigenvalue weighted by atomic mass is 9.67. The number of hydrogen-bond donors (Lipinski definition) is 0. The maximum Gasteiger partial charge on any atom is 0.0708 e. The molecular weight excluding hydrogens is 897 g/mol. The molecule has 0 N–H and O–H groups in total. The van der Waals surface area contributed by atoms with Gasteiger partial charge in [-0.25, -0.2) is 0 Å². The van der Waals surface area contributed by atoms with E-state index in [4.69, 9.17) is 0 Å². The Morgan fingerprint density at radius 3 is 0.883 bits per heavy atom. The molecule has 2 aliphatic carbocycles. The number of thiophene rings is 2. The van der Waals surface area contributed by atoms with Crippen LogP contribution in [0.3, 0.4) is 0 Å². The third-order valence-corrected chi connectivity index (χ3v) is 18.6. The molecule has 3 aromatic rings. The standard InChI is InChI=1S/C56H88Br2S2/c1-37(2)17-13-21-41(9)25-29-55(30-26-42(10)22-14-18-38(3)4)47-33-46-48(34-45(47)53-49(55)35-51(57)59-53)56(50-36-52(58)60-54(46)50,31-27-43(11)23-15-19-39(5)6)32-28-44(12)24-16-20-40(7)8/h33-44H,13-32H2,1-12H3. The van der Waals surface area contributed by atoms with E-state index < -0.39 is 0 Å². The minimum absolute atomic E-state index is 0.0800. The van der Waals surface area contributed by atoms with E-state index >= 15 is 0 Å². The van der Waals surface area contributed by atoms with Crippen LogP contribution in [0.1, 0.15) is 234 Å². The van der Waals surface area contributed by atoms with Crippen LogP contribution in [0.4, 0.5) is 0 Å². The minimum Gasteiger partial charge on any atom is -0.128 e. The van der Waals surface area contributed by atoms with Crippen molar-refractivity contribution in [2.45, 2.75) is 222 Å². The fourth-order valence-electron chi connectivity index (χ4n) is 11.3. The Bertz CT molecular complexity index is 1580. The molecule has 338 valence electrons. The molecule has 4 unspecified atom stereocenters. The third kappa shape index (κ3) is 12.9. The zero-order valence-electron chi connectivity index (χ0n) is 40.6. The van der Waals surface area contributed by atoms with E-state index in [2.05, 4.69) is 139 Å². The molecule has 0 saturated carbocycles. The Morgan fingerprint density at radius 2 is 0.633 bits per heavy atom. The summed E-state index contributed by atoms with van der Waals surface area (Å²) in [6, 6.07) is 10.8. The van der Waals surface area contributed by atoms with Crippen molar-refractivity contribution in [1.82, 2.24) is 0 Å². The first-order valence-corrected chi connectivity index (χ1v) is 28.5. The lowest BCUT2D eigenvalue weighted by molar-refractivity contribution is 0.325. The lowest BCUT2D eigenvalue weighted by Crippen LogP contribution is -2.28. The molecule has 2 heterocycles. The van der Waals surface area contributed by atoms with Crippen molar-refractivity contribution in [2.75, 3.05) is 0 Å². The van der Waals surface area contributed by atoms with Gasteiger partial charge in [-0.2, -0.15) is 0 Å². The topological polar surface area (TPSA) is 0 Å². The Balaban J connectivity index is 1.59. The lowest BCUT2D eigenvalue weighted by Gasteiger charge is -2.36. The normalized spacial score (nSPS) is 20.3. The molecule has 0 amide bonds. The van der Waals surface area contributed by atoms with Gasteiger partial charge in [-0.15, -0.1) is 22.7 Å². The second-order valence-electron chi connectivity index (χ2n) is 22.6. The smallest absolute Gasteiger partial charge is 0.0708 e. The quantitative estimate of drug-likeness (QED) is 0.0680. The summed E-state index contributed by atoms with van der Waals surface area (Å²) in [5, 5.41) is 0. The van der Waals surface area contributed by atoms with Gasteiger partial charge in [0.25, 0.3) is 0 Å². The van der Waals surface area contributed by atoms with E-state index in [0.717, 1.165) is 47.3 Å². The van der Waals surface area contributed by atoms with Crippen molar-refractivity contribution in [3.63, 3.8) is 0 Å². The summed E-state index contributed by atoms with van der Waals surface area (Å²) in [6.45, 7) is 29.4. The predicted molar refractivity (Wildman–Crippen MR) is 278 cm³/mol. The maximum absolute atomic E-state index is 4.08. The van der Waals surface area contributed by atoms with Crippen molar-refractivity contribution in [3.8, 4) is 20.9 Å². The number of halogens is 2. The monoisotopic (exact) mass is 982 g/mol. The molecule has 0 aliphatic heterocycles. The first-order chi connectivity index (χ1) is 28.4. The van der Waals surface area contributed by atoms with Gasteiger partial charge in [0.1, 0.15) is 0 Å². The highest BCUT2D eigenvalue weighted by Gasteiger charge is 2.49. The van der Waals surface area contributed by atoms with Crippen molar-refractivity contribution in [2.24, 2.45) is 47.3 Å². The van der Waals surface area contributed by atoms with Crippen LogP contribution >= 0.6 is 54.5 Å². The molecule has 2 aliphatic rings. The summed E-state index contributed by atoms with van der Waals surface area (Å²) in [4.78, 5) is 3.16. The highest BCUT2D eigenvalue weighted by molar-refractivity contribution is 9.11. The number of fused-ring (bicyclic) bond motifs is 6. The van der Waals surface area contributed by atoms with Gasteiger partial charge in [0.2, 0.25) is 0 Å². The summed E-state index contributed by atoms with van der Waals surface area (Å²) in [5.74, 6) is 6.21. The number of benzene rings is 1. The summed E-state index contributed by atoms with van der Waals surface area (Å²) in [7, 11) is 0. The van der Waals surface area contributed by atoms with E-state index in [1.165, 1.54) is 136 Å². The molecule has 0 spiro atoms. The highest BCUT2D eigenvalue weighted by Crippen LogP contribution is 2.64. The Kier molecular flexibility index (Phi) is 19.5. The molecule has 0 bridgehead atoms. The van der Waals surface area contributed by atoms with Crippen molar-refractivity contribution in [1.29, 1.82) is 0 Å². The molecule has 0 nitrogen and oxygen atoms in total. The van der Waals surface area contributed by atoms with Gasteiger partial charge in [-0.3, -0.25) is 0 Å². The summed E-state index contributed by atoms with van der Waals surface area (Å²) < 4.78 is 2.63. The van der Waals surface area contributed by atoms with Crippen LogP contribution in [-0.4, -0.2) is 0 Å². The molecule has 0 radical (unpaired) electrons. The second kappa shape index (κ2) is 23.2. The molecule has 4 atom stereocenters. The second-order valence-corrected chi connectivity index (χ2v) is 27.4. The highest BCUT2D eigenvalue weighted by atomic mass is 79.9. The predicted octanol–water partition coefficient (Wildman–Crippen LogP) is 20.8. The maximum atomic E-state index is 4.08. The van der Waals surface area contributed by atoms with Crippen LogP contribution in [0.15, 0.2) is 31.8 Å². The van der Waals surface area contributed by atoms with Crippen molar-refractivity contribution < 1.29 is 0 Å². The molecule has 60 heavy (non-hydrogen) atoms. The van der Waals surface area contributed by atoms with E-state index in [-0.39, 0.29) is 10.8 Å². The Morgan fingerprint density at radius 1 is 0.367 bits per heavy atom. The van der Waals surface area contributed by atoms with Gasteiger partial charge >= 0.3 is 0 Å². The van der Waals surface area contributed by atoms with Gasteiger partial charge < -0.3 is 0 Å². The number of hydrogen-bond acceptors (Lipinski definition) is 2. The molecule has 0 saturated heterocycles. The molecular formula is C56H88Br2S2. The summed E-state index contributed by atoms with van der Waals surface area (Å²) in [5.41, 5.74) is 9.99. The Labute approximate surface area is 396 Å².